The van der Waals surface area contributed by atoms with Crippen molar-refractivity contribution in [3.8, 4) is 11.3 Å². The van der Waals surface area contributed by atoms with Gasteiger partial charge in [0.1, 0.15) is 11.3 Å². The Morgan fingerprint density at radius 1 is 0.879 bits per heavy atom. The van der Waals surface area contributed by atoms with Crippen molar-refractivity contribution < 1.29 is 26.3 Å². The molecule has 0 saturated carbocycles. The number of benzene rings is 1. The third-order valence-corrected chi connectivity index (χ3v) is 4.80. The Balaban J connectivity index is 1.77. The van der Waals surface area contributed by atoms with E-state index >= 15 is 0 Å². The summed E-state index contributed by atoms with van der Waals surface area (Å²) in [5.41, 5.74) is -1.32. The van der Waals surface area contributed by atoms with Crippen LogP contribution >= 0.6 is 11.6 Å². The van der Waals surface area contributed by atoms with E-state index in [1.165, 1.54) is 36.7 Å². The molecule has 0 spiro atoms. The zero-order valence-electron chi connectivity index (χ0n) is 16.3. The van der Waals surface area contributed by atoms with E-state index in [0.717, 1.165) is 18.2 Å². The van der Waals surface area contributed by atoms with Crippen LogP contribution in [0.4, 0.5) is 37.8 Å². The summed E-state index contributed by atoms with van der Waals surface area (Å²) in [4.78, 5) is 16.5. The standard InChI is InChI=1S/C21H12ClF6N5/c22-9-16-32-15-8-11(17-14(21(26,27)28)2-1-7-29-17)10-30-18(15)19(33-16)31-13-5-3-12(4-6-13)20(23,24)25/h1-8,10H,9H2,(H,31,32,33). The third kappa shape index (κ3) is 4.82. The quantitative estimate of drug-likeness (QED) is 0.261. The fourth-order valence-electron chi connectivity index (χ4n) is 3.09. The Kier molecular flexibility index (Phi) is 5.83. The van der Waals surface area contributed by atoms with E-state index in [2.05, 4.69) is 25.3 Å². The maximum Gasteiger partial charge on any atom is 0.418 e. The first-order valence-electron chi connectivity index (χ1n) is 9.26. The molecule has 0 amide bonds. The van der Waals surface area contributed by atoms with Crippen LogP contribution in [0.1, 0.15) is 17.0 Å². The maximum atomic E-state index is 13.4. The first kappa shape index (κ1) is 22.7. The van der Waals surface area contributed by atoms with Gasteiger partial charge in [0.15, 0.2) is 5.82 Å². The molecule has 0 aliphatic rings. The molecule has 0 aliphatic carbocycles. The van der Waals surface area contributed by atoms with E-state index in [1.807, 2.05) is 0 Å². The van der Waals surface area contributed by atoms with Crippen LogP contribution in [0.25, 0.3) is 22.3 Å². The highest BCUT2D eigenvalue weighted by Gasteiger charge is 2.34. The van der Waals surface area contributed by atoms with Gasteiger partial charge in [-0.15, -0.1) is 11.6 Å². The molecule has 3 aromatic heterocycles. The summed E-state index contributed by atoms with van der Waals surface area (Å²) in [6.07, 6.45) is -6.68. The van der Waals surface area contributed by atoms with Gasteiger partial charge in [0.05, 0.1) is 28.2 Å². The minimum Gasteiger partial charge on any atom is -0.338 e. The Labute approximate surface area is 187 Å². The number of pyridine rings is 2. The van der Waals surface area contributed by atoms with Gasteiger partial charge >= 0.3 is 12.4 Å². The molecule has 0 bridgehead atoms. The third-order valence-electron chi connectivity index (χ3n) is 4.56. The van der Waals surface area contributed by atoms with Gasteiger partial charge in [-0.3, -0.25) is 4.98 Å². The largest absolute Gasteiger partial charge is 0.418 e. The summed E-state index contributed by atoms with van der Waals surface area (Å²) in [5, 5.41) is 2.86. The summed E-state index contributed by atoms with van der Waals surface area (Å²) in [5.74, 6) is 0.174. The zero-order valence-corrected chi connectivity index (χ0v) is 17.1. The number of aromatic nitrogens is 4. The maximum absolute atomic E-state index is 13.4. The highest BCUT2D eigenvalue weighted by atomic mass is 35.5. The van der Waals surface area contributed by atoms with Gasteiger partial charge < -0.3 is 5.32 Å². The Bertz CT molecular complexity index is 1310. The number of nitrogens with zero attached hydrogens (tertiary/aromatic N) is 4. The predicted octanol–water partition coefficient (Wildman–Crippen LogP) is 6.61. The van der Waals surface area contributed by atoms with Crippen molar-refractivity contribution in [2.75, 3.05) is 5.32 Å². The average molecular weight is 484 g/mol. The van der Waals surface area contributed by atoms with E-state index in [-0.39, 0.29) is 39.8 Å². The second-order valence-corrected chi connectivity index (χ2v) is 7.08. The minimum atomic E-state index is -4.62. The highest BCUT2D eigenvalue weighted by molar-refractivity contribution is 6.16. The topological polar surface area (TPSA) is 63.6 Å². The molecule has 0 fully saturated rings. The first-order valence-corrected chi connectivity index (χ1v) is 9.79. The lowest BCUT2D eigenvalue weighted by molar-refractivity contribution is -0.138. The van der Waals surface area contributed by atoms with Crippen LogP contribution in [0.2, 0.25) is 0 Å². The fourth-order valence-corrected chi connectivity index (χ4v) is 3.21. The number of anilines is 2. The van der Waals surface area contributed by atoms with Crippen LogP contribution in [0, 0.1) is 0 Å². The van der Waals surface area contributed by atoms with Crippen molar-refractivity contribution in [3.63, 3.8) is 0 Å². The van der Waals surface area contributed by atoms with E-state index in [9.17, 15) is 26.3 Å². The molecule has 0 atom stereocenters. The average Bonchev–Trinajstić information content (AvgIpc) is 2.77. The molecule has 4 rings (SSSR count). The summed E-state index contributed by atoms with van der Waals surface area (Å²) >= 11 is 5.86. The number of rotatable bonds is 4. The lowest BCUT2D eigenvalue weighted by atomic mass is 10.1. The van der Waals surface area contributed by atoms with Crippen molar-refractivity contribution in [3.05, 3.63) is 71.8 Å². The molecule has 1 aromatic carbocycles. The summed E-state index contributed by atoms with van der Waals surface area (Å²) < 4.78 is 78.6. The molecular formula is C21H12ClF6N5. The fraction of sp³-hybridized carbons (Fsp3) is 0.143. The van der Waals surface area contributed by atoms with Gasteiger partial charge in [0.2, 0.25) is 0 Å². The molecule has 12 heteroatoms. The van der Waals surface area contributed by atoms with Gasteiger partial charge in [0, 0.05) is 23.6 Å². The Morgan fingerprint density at radius 2 is 1.61 bits per heavy atom. The van der Waals surface area contributed by atoms with Crippen LogP contribution in [0.5, 0.6) is 0 Å². The van der Waals surface area contributed by atoms with Gasteiger partial charge in [-0.05, 0) is 42.5 Å². The van der Waals surface area contributed by atoms with Gasteiger partial charge in [0.25, 0.3) is 0 Å². The second-order valence-electron chi connectivity index (χ2n) is 6.81. The molecule has 0 saturated heterocycles. The molecule has 4 aromatic rings. The van der Waals surface area contributed by atoms with Crippen molar-refractivity contribution in [1.82, 2.24) is 19.9 Å². The predicted molar refractivity (Wildman–Crippen MR) is 110 cm³/mol. The van der Waals surface area contributed by atoms with Crippen molar-refractivity contribution >= 4 is 34.1 Å². The lowest BCUT2D eigenvalue weighted by Crippen LogP contribution is -2.08. The first-order chi connectivity index (χ1) is 15.6. The number of nitrogens with one attached hydrogen (secondary N) is 1. The van der Waals surface area contributed by atoms with Gasteiger partial charge in [-0.2, -0.15) is 26.3 Å². The summed E-state index contributed by atoms with van der Waals surface area (Å²) in [6, 6.07) is 7.70. The van der Waals surface area contributed by atoms with Crippen molar-refractivity contribution in [1.29, 1.82) is 0 Å². The van der Waals surface area contributed by atoms with E-state index < -0.39 is 23.5 Å². The van der Waals surface area contributed by atoms with Crippen molar-refractivity contribution in [2.24, 2.45) is 0 Å². The Morgan fingerprint density at radius 3 is 2.24 bits per heavy atom. The number of hydrogen-bond donors (Lipinski definition) is 1. The van der Waals surface area contributed by atoms with Crippen LogP contribution < -0.4 is 5.32 Å². The van der Waals surface area contributed by atoms with Crippen LogP contribution in [-0.2, 0) is 18.2 Å². The molecule has 0 radical (unpaired) electrons. The second kappa shape index (κ2) is 8.47. The number of fused-ring (bicyclic) bond motifs is 1. The molecule has 33 heavy (non-hydrogen) atoms. The molecule has 0 aliphatic heterocycles. The molecule has 3 heterocycles. The SMILES string of the molecule is FC(F)(F)c1ccc(Nc2nc(CCl)nc3cc(-c4ncccc4C(F)(F)F)cnc23)cc1. The Hall–Kier alpha value is -3.47. The lowest BCUT2D eigenvalue weighted by Gasteiger charge is -2.13. The van der Waals surface area contributed by atoms with Gasteiger partial charge in [-0.25, -0.2) is 15.0 Å². The minimum absolute atomic E-state index is 0.0788. The number of alkyl halides is 7. The van der Waals surface area contributed by atoms with Crippen LogP contribution in [0.15, 0.2) is 54.9 Å². The normalized spacial score (nSPS) is 12.2. The number of hydrogen-bond acceptors (Lipinski definition) is 5. The highest BCUT2D eigenvalue weighted by Crippen LogP contribution is 2.36. The zero-order chi connectivity index (χ0) is 23.8. The molecule has 1 N–H and O–H groups in total. The molecular weight excluding hydrogens is 472 g/mol. The monoisotopic (exact) mass is 483 g/mol. The van der Waals surface area contributed by atoms with Crippen LogP contribution in [-0.4, -0.2) is 19.9 Å². The van der Waals surface area contributed by atoms with Gasteiger partial charge in [-0.1, -0.05) is 0 Å². The molecule has 170 valence electrons. The van der Waals surface area contributed by atoms with E-state index in [0.29, 0.717) is 5.69 Å². The van der Waals surface area contributed by atoms with Crippen molar-refractivity contribution in [2.45, 2.75) is 18.2 Å². The van der Waals surface area contributed by atoms with E-state index in [4.69, 9.17) is 11.6 Å². The van der Waals surface area contributed by atoms with E-state index in [1.54, 1.807) is 0 Å². The summed E-state index contributed by atoms with van der Waals surface area (Å²) in [6.45, 7) is 0. The summed E-state index contributed by atoms with van der Waals surface area (Å²) in [7, 11) is 0. The van der Waals surface area contributed by atoms with Crippen LogP contribution in [0.3, 0.4) is 0 Å². The molecule has 0 unspecified atom stereocenters. The molecule has 5 nitrogen and oxygen atoms in total. The smallest absolute Gasteiger partial charge is 0.338 e. The number of halogens is 7.